The summed E-state index contributed by atoms with van der Waals surface area (Å²) in [6.07, 6.45) is 3.49. The lowest BCUT2D eigenvalue weighted by Gasteiger charge is -2.11. The van der Waals surface area contributed by atoms with Crippen LogP contribution in [0.5, 0.6) is 0 Å². The van der Waals surface area contributed by atoms with E-state index in [0.717, 1.165) is 33.1 Å². The highest BCUT2D eigenvalue weighted by Crippen LogP contribution is 2.20. The zero-order valence-electron chi connectivity index (χ0n) is 15.2. The van der Waals surface area contributed by atoms with Gasteiger partial charge in [0, 0.05) is 25.2 Å². The van der Waals surface area contributed by atoms with Crippen LogP contribution in [-0.2, 0) is 0 Å². The first-order valence-electron chi connectivity index (χ1n) is 8.25. The van der Waals surface area contributed by atoms with Gasteiger partial charge in [-0.2, -0.15) is 5.10 Å². The lowest BCUT2D eigenvalue weighted by molar-refractivity contribution is 0.575. The summed E-state index contributed by atoms with van der Waals surface area (Å²) < 4.78 is 7.35. The van der Waals surface area contributed by atoms with Crippen molar-refractivity contribution in [1.82, 2.24) is 4.68 Å². The molecule has 3 rings (SSSR count). The minimum absolute atomic E-state index is 0.575. The zero-order valence-corrected chi connectivity index (χ0v) is 16.0. The summed E-state index contributed by atoms with van der Waals surface area (Å²) in [6, 6.07) is 12.0. The average molecular weight is 366 g/mol. The zero-order chi connectivity index (χ0) is 18.5. The molecule has 0 radical (unpaired) electrons. The Labute approximate surface area is 157 Å². The van der Waals surface area contributed by atoms with Gasteiger partial charge in [0.2, 0.25) is 4.80 Å². The SMILES string of the molecule is C=C(C)CN=c1scc(-c2ccco2)n1N=Cc1ccc(N(C)C)cc1. The molecule has 2 aromatic heterocycles. The summed E-state index contributed by atoms with van der Waals surface area (Å²) in [4.78, 5) is 7.48. The van der Waals surface area contributed by atoms with Gasteiger partial charge in [0.15, 0.2) is 5.76 Å². The van der Waals surface area contributed by atoms with Gasteiger partial charge in [-0.1, -0.05) is 24.3 Å². The number of anilines is 1. The predicted octanol–water partition coefficient (Wildman–Crippen LogP) is 4.23. The first-order valence-corrected chi connectivity index (χ1v) is 9.13. The third-order valence-electron chi connectivity index (χ3n) is 3.67. The Morgan fingerprint density at radius 2 is 2.04 bits per heavy atom. The molecule has 0 saturated heterocycles. The van der Waals surface area contributed by atoms with Gasteiger partial charge < -0.3 is 9.32 Å². The van der Waals surface area contributed by atoms with E-state index < -0.39 is 0 Å². The molecule has 134 valence electrons. The van der Waals surface area contributed by atoms with Gasteiger partial charge in [-0.05, 0) is 36.8 Å². The molecule has 0 N–H and O–H groups in total. The number of aromatic nitrogens is 1. The molecule has 0 aliphatic heterocycles. The highest BCUT2D eigenvalue weighted by molar-refractivity contribution is 7.07. The van der Waals surface area contributed by atoms with Crippen LogP contribution in [0.25, 0.3) is 11.5 Å². The smallest absolute Gasteiger partial charge is 0.206 e. The Balaban J connectivity index is 1.97. The fraction of sp³-hybridized carbons (Fsp3) is 0.200. The lowest BCUT2D eigenvalue weighted by Crippen LogP contribution is -2.13. The summed E-state index contributed by atoms with van der Waals surface area (Å²) >= 11 is 1.53. The normalized spacial score (nSPS) is 12.0. The van der Waals surface area contributed by atoms with Gasteiger partial charge in [0.1, 0.15) is 5.69 Å². The van der Waals surface area contributed by atoms with Crippen LogP contribution in [0.4, 0.5) is 5.69 Å². The van der Waals surface area contributed by atoms with E-state index in [1.54, 1.807) is 6.26 Å². The van der Waals surface area contributed by atoms with E-state index in [0.29, 0.717) is 6.54 Å². The Morgan fingerprint density at radius 1 is 1.27 bits per heavy atom. The van der Waals surface area contributed by atoms with Crippen molar-refractivity contribution in [2.24, 2.45) is 10.1 Å². The molecule has 6 heteroatoms. The molecule has 0 fully saturated rings. The predicted molar refractivity (Wildman–Crippen MR) is 109 cm³/mol. The van der Waals surface area contributed by atoms with E-state index in [4.69, 9.17) is 4.42 Å². The van der Waals surface area contributed by atoms with Crippen LogP contribution in [0.1, 0.15) is 12.5 Å². The van der Waals surface area contributed by atoms with E-state index in [2.05, 4.69) is 33.7 Å². The molecule has 0 amide bonds. The monoisotopic (exact) mass is 366 g/mol. The van der Waals surface area contributed by atoms with Crippen LogP contribution in [0.3, 0.4) is 0 Å². The Kier molecular flexibility index (Phi) is 5.53. The average Bonchev–Trinajstić information content (AvgIpc) is 3.27. The fourth-order valence-corrected chi connectivity index (χ4v) is 3.12. The number of hydrogen-bond donors (Lipinski definition) is 0. The van der Waals surface area contributed by atoms with Gasteiger partial charge in [-0.25, -0.2) is 4.68 Å². The highest BCUT2D eigenvalue weighted by atomic mass is 32.1. The number of rotatable bonds is 6. The van der Waals surface area contributed by atoms with Crippen molar-refractivity contribution in [1.29, 1.82) is 0 Å². The third-order valence-corrected chi connectivity index (χ3v) is 4.53. The molecule has 0 unspecified atom stereocenters. The van der Waals surface area contributed by atoms with Gasteiger partial charge in [-0.3, -0.25) is 4.99 Å². The Bertz CT molecular complexity index is 960. The second-order valence-corrected chi connectivity index (χ2v) is 7.03. The molecule has 5 nitrogen and oxygen atoms in total. The quantitative estimate of drug-likeness (QED) is 0.484. The largest absolute Gasteiger partial charge is 0.463 e. The van der Waals surface area contributed by atoms with E-state index in [1.807, 2.05) is 61.6 Å². The van der Waals surface area contributed by atoms with Gasteiger partial charge in [-0.15, -0.1) is 11.3 Å². The summed E-state index contributed by atoms with van der Waals surface area (Å²) in [7, 11) is 4.05. The summed E-state index contributed by atoms with van der Waals surface area (Å²) in [5.74, 6) is 0.762. The molecule has 0 bridgehead atoms. The molecule has 0 aliphatic rings. The molecule has 3 aromatic rings. The molecular formula is C20H22N4OS. The Hall–Kier alpha value is -2.86. The van der Waals surface area contributed by atoms with Crippen molar-refractivity contribution in [3.63, 3.8) is 0 Å². The molecule has 2 heterocycles. The summed E-state index contributed by atoms with van der Waals surface area (Å²) in [5, 5.41) is 6.65. The second-order valence-electron chi connectivity index (χ2n) is 6.20. The van der Waals surface area contributed by atoms with E-state index in [-0.39, 0.29) is 0 Å². The van der Waals surface area contributed by atoms with Crippen molar-refractivity contribution < 1.29 is 4.42 Å². The van der Waals surface area contributed by atoms with Gasteiger partial charge >= 0.3 is 0 Å². The third kappa shape index (κ3) is 4.21. The maximum Gasteiger partial charge on any atom is 0.206 e. The van der Waals surface area contributed by atoms with Gasteiger partial charge in [0.05, 0.1) is 19.0 Å². The first-order chi connectivity index (χ1) is 12.5. The topological polar surface area (TPSA) is 46.0 Å². The number of nitrogens with zero attached hydrogens (tertiary/aromatic N) is 4. The van der Waals surface area contributed by atoms with Crippen molar-refractivity contribution in [2.45, 2.75) is 6.92 Å². The van der Waals surface area contributed by atoms with Crippen LogP contribution in [0, 0.1) is 0 Å². The van der Waals surface area contributed by atoms with Crippen molar-refractivity contribution >= 4 is 23.2 Å². The fourth-order valence-electron chi connectivity index (χ4n) is 2.30. The van der Waals surface area contributed by atoms with Crippen LogP contribution in [0.2, 0.25) is 0 Å². The standard InChI is InChI=1S/C20H22N4OS/c1-15(2)12-21-20-24(18(14-26-20)19-6-5-11-25-19)22-13-16-7-9-17(10-8-16)23(3)4/h5-11,13-14H,1,12H2,2-4H3. The molecule has 0 saturated carbocycles. The molecular weight excluding hydrogens is 344 g/mol. The lowest BCUT2D eigenvalue weighted by atomic mass is 10.2. The van der Waals surface area contributed by atoms with E-state index in [9.17, 15) is 0 Å². The van der Waals surface area contributed by atoms with Crippen molar-refractivity contribution in [3.05, 3.63) is 70.6 Å². The molecule has 0 spiro atoms. The highest BCUT2D eigenvalue weighted by Gasteiger charge is 2.09. The van der Waals surface area contributed by atoms with Gasteiger partial charge in [0.25, 0.3) is 0 Å². The summed E-state index contributed by atoms with van der Waals surface area (Å²) in [5.41, 5.74) is 4.05. The second kappa shape index (κ2) is 8.01. The molecule has 0 atom stereocenters. The number of thiazole rings is 1. The molecule has 26 heavy (non-hydrogen) atoms. The minimum Gasteiger partial charge on any atom is -0.463 e. The maximum atomic E-state index is 5.54. The number of hydrogen-bond acceptors (Lipinski definition) is 5. The van der Waals surface area contributed by atoms with Crippen LogP contribution >= 0.6 is 11.3 Å². The van der Waals surface area contributed by atoms with Crippen LogP contribution in [0.15, 0.2) is 74.7 Å². The van der Waals surface area contributed by atoms with Crippen LogP contribution < -0.4 is 9.70 Å². The molecule has 1 aromatic carbocycles. The first kappa shape index (κ1) is 17.9. The van der Waals surface area contributed by atoms with Crippen LogP contribution in [-0.4, -0.2) is 31.5 Å². The summed E-state index contributed by atoms with van der Waals surface area (Å²) in [6.45, 7) is 6.45. The van der Waals surface area contributed by atoms with E-state index in [1.165, 1.54) is 11.3 Å². The van der Waals surface area contributed by atoms with Crippen molar-refractivity contribution in [3.8, 4) is 11.5 Å². The van der Waals surface area contributed by atoms with Crippen molar-refractivity contribution in [2.75, 3.05) is 25.5 Å². The minimum atomic E-state index is 0.575. The maximum absolute atomic E-state index is 5.54. The number of benzene rings is 1. The van der Waals surface area contributed by atoms with E-state index >= 15 is 0 Å². The Morgan fingerprint density at radius 3 is 2.65 bits per heavy atom. The molecule has 0 aliphatic carbocycles. The number of furan rings is 1.